The number of fused-ring (bicyclic) bond motifs is 2. The fourth-order valence-electron chi connectivity index (χ4n) is 3.69. The first-order chi connectivity index (χ1) is 14.0. The van der Waals surface area contributed by atoms with Crippen LogP contribution in [0, 0.1) is 11.6 Å². The number of nitrogens with zero attached hydrogens (tertiary/aromatic N) is 3. The molecule has 29 heavy (non-hydrogen) atoms. The number of aromatic nitrogens is 2. The predicted molar refractivity (Wildman–Crippen MR) is 104 cm³/mol. The number of ether oxygens (including phenoxy) is 2. The predicted octanol–water partition coefficient (Wildman–Crippen LogP) is 2.75. The van der Waals surface area contributed by atoms with Gasteiger partial charge in [0.15, 0.2) is 11.5 Å². The van der Waals surface area contributed by atoms with Crippen LogP contribution in [0.5, 0.6) is 11.5 Å². The van der Waals surface area contributed by atoms with E-state index in [1.807, 2.05) is 4.90 Å². The molecule has 0 spiro atoms. The molecule has 0 fully saturated rings. The summed E-state index contributed by atoms with van der Waals surface area (Å²) in [6.45, 7) is 1.81. The third-order valence-electron chi connectivity index (χ3n) is 5.23. The van der Waals surface area contributed by atoms with Crippen LogP contribution in [-0.2, 0) is 19.5 Å². The van der Waals surface area contributed by atoms with Crippen LogP contribution in [0.25, 0.3) is 10.9 Å². The van der Waals surface area contributed by atoms with Gasteiger partial charge in [0.25, 0.3) is 5.56 Å². The van der Waals surface area contributed by atoms with Crippen molar-refractivity contribution in [3.05, 3.63) is 63.7 Å². The first-order valence-corrected chi connectivity index (χ1v) is 9.32. The molecule has 152 valence electrons. The highest BCUT2D eigenvalue weighted by Crippen LogP contribution is 2.30. The Hall–Kier alpha value is -3.00. The zero-order valence-corrected chi connectivity index (χ0v) is 16.2. The summed E-state index contributed by atoms with van der Waals surface area (Å²) >= 11 is 0. The molecule has 0 saturated heterocycles. The molecule has 6 nitrogen and oxygen atoms in total. The van der Waals surface area contributed by atoms with Crippen molar-refractivity contribution in [3.63, 3.8) is 0 Å². The van der Waals surface area contributed by atoms with E-state index < -0.39 is 11.6 Å². The van der Waals surface area contributed by atoms with Gasteiger partial charge >= 0.3 is 0 Å². The van der Waals surface area contributed by atoms with Gasteiger partial charge in [-0.1, -0.05) is 0 Å². The highest BCUT2D eigenvalue weighted by atomic mass is 19.1. The van der Waals surface area contributed by atoms with Crippen LogP contribution < -0.4 is 15.0 Å². The third kappa shape index (κ3) is 3.67. The second-order valence-corrected chi connectivity index (χ2v) is 6.97. The maximum atomic E-state index is 14.0. The van der Waals surface area contributed by atoms with Crippen molar-refractivity contribution in [2.75, 3.05) is 27.3 Å². The van der Waals surface area contributed by atoms with E-state index in [0.29, 0.717) is 59.8 Å². The van der Waals surface area contributed by atoms with E-state index in [1.165, 1.54) is 20.3 Å². The monoisotopic (exact) mass is 401 g/mol. The van der Waals surface area contributed by atoms with Crippen molar-refractivity contribution < 1.29 is 18.3 Å². The van der Waals surface area contributed by atoms with Gasteiger partial charge in [-0.05, 0) is 24.3 Å². The lowest BCUT2D eigenvalue weighted by atomic mass is 10.2. The summed E-state index contributed by atoms with van der Waals surface area (Å²) in [5.41, 5.74) is 0.698. The van der Waals surface area contributed by atoms with Gasteiger partial charge in [-0.15, -0.1) is 0 Å². The zero-order valence-electron chi connectivity index (χ0n) is 16.2. The van der Waals surface area contributed by atoms with Crippen LogP contribution >= 0.6 is 0 Å². The summed E-state index contributed by atoms with van der Waals surface area (Å²) in [4.78, 5) is 19.7. The molecule has 1 aliphatic rings. The number of hydrogen-bond donors (Lipinski definition) is 0. The molecule has 0 aliphatic carbocycles. The van der Waals surface area contributed by atoms with Crippen LogP contribution in [-0.4, -0.2) is 41.8 Å². The SMILES string of the molecule is COc1cc2nc3n(c(=O)c2cc1OC)CCN(Cc1cc(F)ccc1F)CC3. The normalized spacial score (nSPS) is 14.5. The molecule has 8 heteroatoms. The molecular formula is C21H21F2N3O3. The molecule has 3 aromatic rings. The van der Waals surface area contributed by atoms with E-state index in [-0.39, 0.29) is 12.1 Å². The van der Waals surface area contributed by atoms with E-state index in [1.54, 1.807) is 16.7 Å². The quantitative estimate of drug-likeness (QED) is 0.673. The van der Waals surface area contributed by atoms with Gasteiger partial charge in [0, 0.05) is 44.2 Å². The Bertz CT molecular complexity index is 1130. The Morgan fingerprint density at radius 2 is 1.79 bits per heavy atom. The van der Waals surface area contributed by atoms with Crippen LogP contribution in [0.2, 0.25) is 0 Å². The van der Waals surface area contributed by atoms with Gasteiger partial charge in [0.2, 0.25) is 0 Å². The molecule has 2 heterocycles. The first kappa shape index (κ1) is 19.3. The molecule has 1 aliphatic heterocycles. The van der Waals surface area contributed by atoms with Gasteiger partial charge in [-0.25, -0.2) is 13.8 Å². The maximum absolute atomic E-state index is 14.0. The molecular weight excluding hydrogens is 380 g/mol. The summed E-state index contributed by atoms with van der Waals surface area (Å²) in [5.74, 6) is 0.738. The number of rotatable bonds is 4. The lowest BCUT2D eigenvalue weighted by Gasteiger charge is -2.19. The number of halogens is 2. The Morgan fingerprint density at radius 1 is 1.03 bits per heavy atom. The number of hydrogen-bond acceptors (Lipinski definition) is 5. The fourth-order valence-corrected chi connectivity index (χ4v) is 3.69. The van der Waals surface area contributed by atoms with Gasteiger partial charge in [0.05, 0.1) is 25.1 Å². The van der Waals surface area contributed by atoms with E-state index in [9.17, 15) is 13.6 Å². The Labute approximate surface area is 166 Å². The van der Waals surface area contributed by atoms with Crippen molar-refractivity contribution in [2.45, 2.75) is 19.5 Å². The van der Waals surface area contributed by atoms with Crippen LogP contribution in [0.3, 0.4) is 0 Å². The Morgan fingerprint density at radius 3 is 2.55 bits per heavy atom. The molecule has 1 aromatic heterocycles. The molecule has 2 aromatic carbocycles. The van der Waals surface area contributed by atoms with Crippen LogP contribution in [0.15, 0.2) is 35.1 Å². The minimum absolute atomic E-state index is 0.148. The van der Waals surface area contributed by atoms with Crippen molar-refractivity contribution in [3.8, 4) is 11.5 Å². The molecule has 0 bridgehead atoms. The highest BCUT2D eigenvalue weighted by molar-refractivity contribution is 5.82. The second kappa shape index (κ2) is 7.79. The summed E-state index contributed by atoms with van der Waals surface area (Å²) in [5, 5.41) is 0.455. The lowest BCUT2D eigenvalue weighted by molar-refractivity contribution is 0.267. The minimum Gasteiger partial charge on any atom is -0.493 e. The van der Waals surface area contributed by atoms with Crippen molar-refractivity contribution in [1.29, 1.82) is 0 Å². The van der Waals surface area contributed by atoms with E-state index in [4.69, 9.17) is 9.47 Å². The molecule has 0 N–H and O–H groups in total. The molecule has 0 unspecified atom stereocenters. The van der Waals surface area contributed by atoms with E-state index in [2.05, 4.69) is 4.98 Å². The second-order valence-electron chi connectivity index (χ2n) is 6.97. The summed E-state index contributed by atoms with van der Waals surface area (Å²) < 4.78 is 39.7. The summed E-state index contributed by atoms with van der Waals surface area (Å²) in [7, 11) is 3.05. The molecule has 0 atom stereocenters. The molecule has 0 saturated carbocycles. The summed E-state index contributed by atoms with van der Waals surface area (Å²) in [6, 6.07) is 6.79. The van der Waals surface area contributed by atoms with Gasteiger partial charge in [-0.2, -0.15) is 0 Å². The van der Waals surface area contributed by atoms with Crippen LogP contribution in [0.4, 0.5) is 8.78 Å². The highest BCUT2D eigenvalue weighted by Gasteiger charge is 2.20. The molecule has 0 amide bonds. The van der Waals surface area contributed by atoms with E-state index >= 15 is 0 Å². The third-order valence-corrected chi connectivity index (χ3v) is 5.23. The number of methoxy groups -OCH3 is 2. The van der Waals surface area contributed by atoms with Crippen LogP contribution in [0.1, 0.15) is 11.4 Å². The lowest BCUT2D eigenvalue weighted by Crippen LogP contribution is -2.29. The average molecular weight is 401 g/mol. The van der Waals surface area contributed by atoms with Gasteiger partial charge < -0.3 is 9.47 Å². The van der Waals surface area contributed by atoms with Crippen molar-refractivity contribution >= 4 is 10.9 Å². The summed E-state index contributed by atoms with van der Waals surface area (Å²) in [6.07, 6.45) is 0.524. The average Bonchev–Trinajstić information content (AvgIpc) is 2.92. The smallest absolute Gasteiger partial charge is 0.261 e. The minimum atomic E-state index is -0.466. The first-order valence-electron chi connectivity index (χ1n) is 9.32. The van der Waals surface area contributed by atoms with Gasteiger partial charge in [-0.3, -0.25) is 14.3 Å². The Kier molecular flexibility index (Phi) is 5.19. The Balaban J connectivity index is 1.66. The van der Waals surface area contributed by atoms with Crippen molar-refractivity contribution in [1.82, 2.24) is 14.5 Å². The maximum Gasteiger partial charge on any atom is 0.261 e. The van der Waals surface area contributed by atoms with Crippen molar-refractivity contribution in [2.24, 2.45) is 0 Å². The largest absolute Gasteiger partial charge is 0.493 e. The fraction of sp³-hybridized carbons (Fsp3) is 0.333. The standard InChI is InChI=1S/C21H21F2N3O3/c1-28-18-10-15-17(11-19(18)29-2)24-20-5-6-25(7-8-26(20)21(15)27)12-13-9-14(22)3-4-16(13)23/h3-4,9-11H,5-8,12H2,1-2H3. The number of benzene rings is 2. The molecule has 4 rings (SSSR count). The van der Waals surface area contributed by atoms with E-state index in [0.717, 1.165) is 12.1 Å². The topological polar surface area (TPSA) is 56.6 Å². The molecule has 0 radical (unpaired) electrons. The zero-order chi connectivity index (χ0) is 20.5. The van der Waals surface area contributed by atoms with Gasteiger partial charge in [0.1, 0.15) is 17.5 Å².